The van der Waals surface area contributed by atoms with E-state index in [2.05, 4.69) is 20.8 Å². The number of hydrogen-bond acceptors (Lipinski definition) is 2. The standard InChI is InChI=1S/C13H19O2/c1-4-8-14-12-7-6-11(3)13(10-12)15-9-5-2/h6-7,10H,3-5,8-9H2,1-2H3. The van der Waals surface area contributed by atoms with Crippen molar-refractivity contribution in [3.63, 3.8) is 0 Å². The van der Waals surface area contributed by atoms with Gasteiger partial charge in [-0.05, 0) is 31.4 Å². The normalized spacial score (nSPS) is 10.1. The molecule has 1 aromatic rings. The van der Waals surface area contributed by atoms with E-state index >= 15 is 0 Å². The zero-order valence-electron chi connectivity index (χ0n) is 9.58. The molecule has 15 heavy (non-hydrogen) atoms. The van der Waals surface area contributed by atoms with Crippen LogP contribution in [0.1, 0.15) is 32.3 Å². The number of benzene rings is 1. The van der Waals surface area contributed by atoms with E-state index in [9.17, 15) is 0 Å². The fourth-order valence-electron chi connectivity index (χ4n) is 1.19. The van der Waals surface area contributed by atoms with Crippen molar-refractivity contribution in [1.29, 1.82) is 0 Å². The summed E-state index contributed by atoms with van der Waals surface area (Å²) in [6, 6.07) is 5.76. The van der Waals surface area contributed by atoms with Gasteiger partial charge in [0, 0.05) is 6.07 Å². The first-order valence-corrected chi connectivity index (χ1v) is 5.49. The molecule has 0 aliphatic heterocycles. The molecule has 0 amide bonds. The predicted molar refractivity (Wildman–Crippen MR) is 62.5 cm³/mol. The highest BCUT2D eigenvalue weighted by Crippen LogP contribution is 2.24. The summed E-state index contributed by atoms with van der Waals surface area (Å²) in [5.74, 6) is 1.68. The first kappa shape index (κ1) is 11.9. The summed E-state index contributed by atoms with van der Waals surface area (Å²) < 4.78 is 11.1. The summed E-state index contributed by atoms with van der Waals surface area (Å²) in [5.41, 5.74) is 0.910. The van der Waals surface area contributed by atoms with Gasteiger partial charge in [-0.2, -0.15) is 0 Å². The van der Waals surface area contributed by atoms with Crippen molar-refractivity contribution in [3.05, 3.63) is 30.7 Å². The first-order valence-electron chi connectivity index (χ1n) is 5.49. The highest BCUT2D eigenvalue weighted by Gasteiger charge is 2.01. The molecule has 0 atom stereocenters. The monoisotopic (exact) mass is 207 g/mol. The topological polar surface area (TPSA) is 18.5 Å². The van der Waals surface area contributed by atoms with E-state index in [-0.39, 0.29) is 0 Å². The van der Waals surface area contributed by atoms with Gasteiger partial charge in [-0.15, -0.1) is 0 Å². The summed E-state index contributed by atoms with van der Waals surface area (Å²) in [5, 5.41) is 0. The van der Waals surface area contributed by atoms with Gasteiger partial charge in [-0.1, -0.05) is 19.9 Å². The zero-order chi connectivity index (χ0) is 11.1. The van der Waals surface area contributed by atoms with Crippen molar-refractivity contribution in [2.45, 2.75) is 26.7 Å². The Morgan fingerprint density at radius 3 is 2.40 bits per heavy atom. The van der Waals surface area contributed by atoms with E-state index in [1.807, 2.05) is 18.2 Å². The van der Waals surface area contributed by atoms with Gasteiger partial charge in [-0.25, -0.2) is 0 Å². The first-order chi connectivity index (χ1) is 7.27. The fraction of sp³-hybridized carbons (Fsp3) is 0.462. The lowest BCUT2D eigenvalue weighted by Crippen LogP contribution is -1.99. The van der Waals surface area contributed by atoms with Crippen LogP contribution in [-0.2, 0) is 0 Å². The van der Waals surface area contributed by atoms with Crippen LogP contribution in [0.25, 0.3) is 0 Å². The molecule has 0 saturated heterocycles. The fourth-order valence-corrected chi connectivity index (χ4v) is 1.19. The van der Waals surface area contributed by atoms with Crippen LogP contribution in [0.15, 0.2) is 18.2 Å². The minimum Gasteiger partial charge on any atom is -0.493 e. The molecule has 1 radical (unpaired) electrons. The highest BCUT2D eigenvalue weighted by atomic mass is 16.5. The van der Waals surface area contributed by atoms with E-state index in [1.54, 1.807) is 0 Å². The Labute approximate surface area is 92.2 Å². The highest BCUT2D eigenvalue weighted by molar-refractivity contribution is 5.42. The maximum atomic E-state index is 5.56. The Hall–Kier alpha value is -1.18. The third kappa shape index (κ3) is 3.82. The summed E-state index contributed by atoms with van der Waals surface area (Å²) in [7, 11) is 0. The summed E-state index contributed by atoms with van der Waals surface area (Å²) in [6.45, 7) is 9.55. The molecule has 0 N–H and O–H groups in total. The second-order valence-electron chi connectivity index (χ2n) is 3.47. The summed E-state index contributed by atoms with van der Waals surface area (Å²) >= 11 is 0. The van der Waals surface area contributed by atoms with Crippen molar-refractivity contribution in [1.82, 2.24) is 0 Å². The molecule has 83 valence electrons. The Balaban J connectivity index is 2.66. The lowest BCUT2D eigenvalue weighted by Gasteiger charge is -2.10. The van der Waals surface area contributed by atoms with E-state index in [4.69, 9.17) is 9.47 Å². The van der Waals surface area contributed by atoms with Gasteiger partial charge in [0.05, 0.1) is 13.2 Å². The van der Waals surface area contributed by atoms with Gasteiger partial charge in [-0.3, -0.25) is 0 Å². The SMILES string of the molecule is [CH2]c1ccc(OCCC)cc1OCCC. The molecule has 0 aromatic heterocycles. The van der Waals surface area contributed by atoms with Crippen LogP contribution in [0.4, 0.5) is 0 Å². The largest absolute Gasteiger partial charge is 0.493 e. The van der Waals surface area contributed by atoms with E-state index in [0.717, 1.165) is 43.1 Å². The quantitative estimate of drug-likeness (QED) is 0.711. The second kappa shape index (κ2) is 6.33. The Morgan fingerprint density at radius 1 is 1.07 bits per heavy atom. The third-order valence-electron chi connectivity index (χ3n) is 1.97. The predicted octanol–water partition coefficient (Wildman–Crippen LogP) is 3.45. The van der Waals surface area contributed by atoms with E-state index in [1.165, 1.54) is 0 Å². The minimum absolute atomic E-state index is 0.722. The molecular formula is C13H19O2. The number of hydrogen-bond donors (Lipinski definition) is 0. The number of ether oxygens (including phenoxy) is 2. The van der Waals surface area contributed by atoms with Crippen LogP contribution < -0.4 is 9.47 Å². The third-order valence-corrected chi connectivity index (χ3v) is 1.97. The smallest absolute Gasteiger partial charge is 0.126 e. The average Bonchev–Trinajstić information content (AvgIpc) is 2.26. The van der Waals surface area contributed by atoms with Crippen LogP contribution in [-0.4, -0.2) is 13.2 Å². The molecule has 2 heteroatoms. The van der Waals surface area contributed by atoms with Crippen molar-refractivity contribution >= 4 is 0 Å². The van der Waals surface area contributed by atoms with Crippen molar-refractivity contribution in [2.24, 2.45) is 0 Å². The van der Waals surface area contributed by atoms with Crippen molar-refractivity contribution in [2.75, 3.05) is 13.2 Å². The van der Waals surface area contributed by atoms with Crippen molar-refractivity contribution in [3.8, 4) is 11.5 Å². The molecule has 0 bridgehead atoms. The van der Waals surface area contributed by atoms with Gasteiger partial charge in [0.1, 0.15) is 11.5 Å². The molecule has 0 fully saturated rings. The van der Waals surface area contributed by atoms with Gasteiger partial charge in [0.2, 0.25) is 0 Å². The van der Waals surface area contributed by atoms with Crippen molar-refractivity contribution < 1.29 is 9.47 Å². The Bertz CT molecular complexity index is 295. The van der Waals surface area contributed by atoms with Crippen LogP contribution in [0.2, 0.25) is 0 Å². The second-order valence-corrected chi connectivity index (χ2v) is 3.47. The zero-order valence-corrected chi connectivity index (χ0v) is 9.58. The van der Waals surface area contributed by atoms with E-state index in [0.29, 0.717) is 0 Å². The van der Waals surface area contributed by atoms with Gasteiger partial charge < -0.3 is 9.47 Å². The minimum atomic E-state index is 0.722. The van der Waals surface area contributed by atoms with E-state index < -0.39 is 0 Å². The Kier molecular flexibility index (Phi) is 5.02. The molecule has 0 saturated carbocycles. The molecule has 0 aliphatic carbocycles. The molecule has 0 aliphatic rings. The lowest BCUT2D eigenvalue weighted by atomic mass is 10.2. The molecule has 0 spiro atoms. The van der Waals surface area contributed by atoms with Gasteiger partial charge in [0.15, 0.2) is 0 Å². The van der Waals surface area contributed by atoms with Crippen LogP contribution in [0.5, 0.6) is 11.5 Å². The average molecular weight is 207 g/mol. The van der Waals surface area contributed by atoms with Crippen LogP contribution in [0.3, 0.4) is 0 Å². The molecule has 2 nitrogen and oxygen atoms in total. The van der Waals surface area contributed by atoms with Gasteiger partial charge >= 0.3 is 0 Å². The maximum absolute atomic E-state index is 5.56. The molecule has 0 unspecified atom stereocenters. The van der Waals surface area contributed by atoms with Crippen LogP contribution in [0, 0.1) is 6.92 Å². The maximum Gasteiger partial charge on any atom is 0.126 e. The molecule has 0 heterocycles. The van der Waals surface area contributed by atoms with Gasteiger partial charge in [0.25, 0.3) is 0 Å². The molecule has 1 rings (SSSR count). The van der Waals surface area contributed by atoms with Crippen LogP contribution >= 0.6 is 0 Å². The molecule has 1 aromatic carbocycles. The lowest BCUT2D eigenvalue weighted by molar-refractivity contribution is 0.301. The molecular weight excluding hydrogens is 188 g/mol. The summed E-state index contributed by atoms with van der Waals surface area (Å²) in [4.78, 5) is 0. The summed E-state index contributed by atoms with van der Waals surface area (Å²) in [6.07, 6.45) is 2.01. The number of rotatable bonds is 6. The Morgan fingerprint density at radius 2 is 1.73 bits per heavy atom.